The minimum absolute atomic E-state index is 0.0649. The van der Waals surface area contributed by atoms with E-state index in [1.165, 1.54) is 5.56 Å². The Morgan fingerprint density at radius 2 is 2.05 bits per heavy atom. The second-order valence-corrected chi connectivity index (χ2v) is 5.16. The number of likely N-dealkylation sites (tertiary alicyclic amines) is 1. The molecule has 1 fully saturated rings. The molecule has 0 aliphatic carbocycles. The molecule has 0 bridgehead atoms. The molecule has 0 spiro atoms. The third-order valence-electron chi connectivity index (χ3n) is 3.67. The van der Waals surface area contributed by atoms with Gasteiger partial charge < -0.3 is 10.2 Å². The normalized spacial score (nSPS) is 21.1. The highest BCUT2D eigenvalue weighted by molar-refractivity contribution is 5.90. The zero-order valence-corrected chi connectivity index (χ0v) is 11.4. The van der Waals surface area contributed by atoms with E-state index >= 15 is 0 Å². The zero-order valence-electron chi connectivity index (χ0n) is 11.4. The first-order valence-corrected chi connectivity index (χ1v) is 6.78. The first-order valence-electron chi connectivity index (χ1n) is 6.78. The second kappa shape index (κ2) is 5.33. The number of nitrogens with one attached hydrogen (secondary N) is 1. The van der Waals surface area contributed by atoms with Crippen molar-refractivity contribution in [1.82, 2.24) is 9.88 Å². The highest BCUT2D eigenvalue weighted by atomic mass is 16.2. The Balaban J connectivity index is 1.73. The largest absolute Gasteiger partial charge is 0.322 e. The van der Waals surface area contributed by atoms with Gasteiger partial charge in [-0.2, -0.15) is 0 Å². The lowest BCUT2D eigenvalue weighted by Gasteiger charge is -2.46. The standard InChI is InChI=1S/C16H17N3O/c1-12-11-19(15(12)13-6-3-2-4-7-13)16(20)18-14-8-5-9-17-10-14/h2-10,12,15H,11H2,1H3,(H,18,20). The van der Waals surface area contributed by atoms with Crippen molar-refractivity contribution in [2.24, 2.45) is 5.92 Å². The number of pyridine rings is 1. The van der Waals surface area contributed by atoms with Gasteiger partial charge in [-0.05, 0) is 23.6 Å². The fourth-order valence-corrected chi connectivity index (χ4v) is 2.69. The Morgan fingerprint density at radius 1 is 1.25 bits per heavy atom. The molecular formula is C16H17N3O. The van der Waals surface area contributed by atoms with Crippen LogP contribution in [0.1, 0.15) is 18.5 Å². The molecule has 4 nitrogen and oxygen atoms in total. The highest BCUT2D eigenvalue weighted by Crippen LogP contribution is 2.38. The topological polar surface area (TPSA) is 45.2 Å². The fraction of sp³-hybridized carbons (Fsp3) is 0.250. The summed E-state index contributed by atoms with van der Waals surface area (Å²) in [5.74, 6) is 0.483. The number of aromatic nitrogens is 1. The molecule has 1 aromatic carbocycles. The minimum atomic E-state index is -0.0649. The lowest BCUT2D eigenvalue weighted by atomic mass is 9.85. The van der Waals surface area contributed by atoms with Gasteiger partial charge >= 0.3 is 6.03 Å². The maximum absolute atomic E-state index is 12.3. The summed E-state index contributed by atoms with van der Waals surface area (Å²) in [6.07, 6.45) is 3.34. The number of anilines is 1. The average Bonchev–Trinajstić information content (AvgIpc) is 2.46. The van der Waals surface area contributed by atoms with Gasteiger partial charge in [-0.1, -0.05) is 37.3 Å². The first kappa shape index (κ1) is 12.7. The molecule has 2 amide bonds. The fourth-order valence-electron chi connectivity index (χ4n) is 2.69. The number of urea groups is 1. The maximum atomic E-state index is 12.3. The van der Waals surface area contributed by atoms with E-state index in [0.29, 0.717) is 5.92 Å². The SMILES string of the molecule is CC1CN(C(=O)Nc2cccnc2)C1c1ccccc1. The number of hydrogen-bond donors (Lipinski definition) is 1. The van der Waals surface area contributed by atoms with Crippen molar-refractivity contribution in [2.45, 2.75) is 13.0 Å². The number of rotatable bonds is 2. The van der Waals surface area contributed by atoms with E-state index < -0.39 is 0 Å². The van der Waals surface area contributed by atoms with Crippen LogP contribution in [0, 0.1) is 5.92 Å². The predicted molar refractivity (Wildman–Crippen MR) is 78.3 cm³/mol. The van der Waals surface area contributed by atoms with Crippen molar-refractivity contribution in [3.63, 3.8) is 0 Å². The van der Waals surface area contributed by atoms with Crippen LogP contribution in [0.5, 0.6) is 0 Å². The summed E-state index contributed by atoms with van der Waals surface area (Å²) in [6.45, 7) is 2.96. The summed E-state index contributed by atoms with van der Waals surface area (Å²) in [4.78, 5) is 18.2. The molecule has 2 heterocycles. The molecule has 0 radical (unpaired) electrons. The quantitative estimate of drug-likeness (QED) is 0.907. The maximum Gasteiger partial charge on any atom is 0.322 e. The van der Waals surface area contributed by atoms with E-state index in [-0.39, 0.29) is 12.1 Å². The molecule has 102 valence electrons. The van der Waals surface area contributed by atoms with Crippen molar-refractivity contribution in [3.05, 3.63) is 60.4 Å². The van der Waals surface area contributed by atoms with Crippen LogP contribution in [0.15, 0.2) is 54.9 Å². The monoisotopic (exact) mass is 267 g/mol. The van der Waals surface area contributed by atoms with Gasteiger partial charge in [0, 0.05) is 12.7 Å². The van der Waals surface area contributed by atoms with Gasteiger partial charge in [0.05, 0.1) is 17.9 Å². The molecule has 1 aliphatic heterocycles. The van der Waals surface area contributed by atoms with Gasteiger partial charge in [-0.3, -0.25) is 4.98 Å². The molecule has 1 saturated heterocycles. The van der Waals surface area contributed by atoms with Crippen LogP contribution < -0.4 is 5.32 Å². The van der Waals surface area contributed by atoms with Crippen LogP contribution >= 0.6 is 0 Å². The number of amides is 2. The molecule has 2 unspecified atom stereocenters. The number of nitrogens with zero attached hydrogens (tertiary/aromatic N) is 2. The molecule has 2 atom stereocenters. The van der Waals surface area contributed by atoms with Crippen molar-refractivity contribution < 1.29 is 4.79 Å². The molecule has 4 heteroatoms. The molecule has 2 aromatic rings. The third kappa shape index (κ3) is 2.37. The highest BCUT2D eigenvalue weighted by Gasteiger charge is 2.39. The van der Waals surface area contributed by atoms with E-state index in [1.54, 1.807) is 12.4 Å². The molecule has 1 aromatic heterocycles. The van der Waals surface area contributed by atoms with E-state index in [0.717, 1.165) is 12.2 Å². The van der Waals surface area contributed by atoms with E-state index in [1.807, 2.05) is 35.2 Å². The zero-order chi connectivity index (χ0) is 13.9. The summed E-state index contributed by atoms with van der Waals surface area (Å²) in [5.41, 5.74) is 1.91. The molecule has 1 aliphatic rings. The number of carbonyl (C=O) groups is 1. The molecule has 3 rings (SSSR count). The first-order chi connectivity index (χ1) is 9.75. The number of carbonyl (C=O) groups excluding carboxylic acids is 1. The Morgan fingerprint density at radius 3 is 2.70 bits per heavy atom. The Hall–Kier alpha value is -2.36. The lowest BCUT2D eigenvalue weighted by molar-refractivity contribution is 0.0671. The Bertz CT molecular complexity index is 585. The summed E-state index contributed by atoms with van der Waals surface area (Å²) in [6, 6.07) is 13.9. The second-order valence-electron chi connectivity index (χ2n) is 5.16. The van der Waals surface area contributed by atoms with Gasteiger partial charge in [0.1, 0.15) is 0 Å². The van der Waals surface area contributed by atoms with Crippen LogP contribution in [-0.2, 0) is 0 Å². The average molecular weight is 267 g/mol. The van der Waals surface area contributed by atoms with Crippen molar-refractivity contribution in [2.75, 3.05) is 11.9 Å². The van der Waals surface area contributed by atoms with Crippen molar-refractivity contribution >= 4 is 11.7 Å². The van der Waals surface area contributed by atoms with Crippen LogP contribution in [-0.4, -0.2) is 22.5 Å². The predicted octanol–water partition coefficient (Wildman–Crippen LogP) is 3.31. The van der Waals surface area contributed by atoms with Crippen molar-refractivity contribution in [1.29, 1.82) is 0 Å². The van der Waals surface area contributed by atoms with E-state index in [4.69, 9.17) is 0 Å². The van der Waals surface area contributed by atoms with Gasteiger partial charge in [-0.15, -0.1) is 0 Å². The molecule has 1 N–H and O–H groups in total. The summed E-state index contributed by atoms with van der Waals surface area (Å²) in [7, 11) is 0. The van der Waals surface area contributed by atoms with E-state index in [9.17, 15) is 4.79 Å². The summed E-state index contributed by atoms with van der Waals surface area (Å²) in [5, 5.41) is 2.89. The van der Waals surface area contributed by atoms with E-state index in [2.05, 4.69) is 29.4 Å². The third-order valence-corrected chi connectivity index (χ3v) is 3.67. The summed E-state index contributed by atoms with van der Waals surface area (Å²) < 4.78 is 0. The summed E-state index contributed by atoms with van der Waals surface area (Å²) >= 11 is 0. The van der Waals surface area contributed by atoms with Crippen molar-refractivity contribution in [3.8, 4) is 0 Å². The number of benzene rings is 1. The molecule has 20 heavy (non-hydrogen) atoms. The van der Waals surface area contributed by atoms with Gasteiger partial charge in [0.25, 0.3) is 0 Å². The van der Waals surface area contributed by atoms with Gasteiger partial charge in [0.15, 0.2) is 0 Å². The van der Waals surface area contributed by atoms with Crippen LogP contribution in [0.25, 0.3) is 0 Å². The Labute approximate surface area is 118 Å². The molecular weight excluding hydrogens is 250 g/mol. The van der Waals surface area contributed by atoms with Crippen LogP contribution in [0.4, 0.5) is 10.5 Å². The van der Waals surface area contributed by atoms with Crippen LogP contribution in [0.3, 0.4) is 0 Å². The Kier molecular flexibility index (Phi) is 3.37. The molecule has 0 saturated carbocycles. The van der Waals surface area contributed by atoms with Gasteiger partial charge in [-0.25, -0.2) is 4.79 Å². The van der Waals surface area contributed by atoms with Gasteiger partial charge in [0.2, 0.25) is 0 Å². The smallest absolute Gasteiger partial charge is 0.317 e. The lowest BCUT2D eigenvalue weighted by Crippen LogP contribution is -2.53. The minimum Gasteiger partial charge on any atom is -0.317 e. The number of hydrogen-bond acceptors (Lipinski definition) is 2. The van der Waals surface area contributed by atoms with Crippen LogP contribution in [0.2, 0.25) is 0 Å².